The van der Waals surface area contributed by atoms with E-state index in [-0.39, 0.29) is 10.0 Å². The highest BCUT2D eigenvalue weighted by Gasteiger charge is 2.17. The second kappa shape index (κ2) is 6.03. The van der Waals surface area contributed by atoms with Crippen molar-refractivity contribution in [2.75, 3.05) is 19.0 Å². The van der Waals surface area contributed by atoms with E-state index in [9.17, 15) is 9.90 Å². The van der Waals surface area contributed by atoms with Crippen molar-refractivity contribution < 1.29 is 14.6 Å². The molecule has 1 aromatic heterocycles. The van der Waals surface area contributed by atoms with Gasteiger partial charge in [-0.15, -0.1) is 0 Å². The van der Waals surface area contributed by atoms with Gasteiger partial charge in [0.05, 0.1) is 13.2 Å². The first kappa shape index (κ1) is 13.2. The molecule has 7 heteroatoms. The molecule has 0 bridgehead atoms. The smallest absolute Gasteiger partial charge is 0.351 e. The lowest BCUT2D eigenvalue weighted by atomic mass is 10.3. The lowest BCUT2D eigenvalue weighted by Crippen LogP contribution is -2.17. The van der Waals surface area contributed by atoms with E-state index in [2.05, 4.69) is 15.0 Å². The van der Waals surface area contributed by atoms with Crippen molar-refractivity contribution >= 4 is 34.0 Å². The molecular weight excluding hydrogens is 252 g/mol. The largest absolute Gasteiger partial charge is 0.465 e. The van der Waals surface area contributed by atoms with E-state index >= 15 is 0 Å². The summed E-state index contributed by atoms with van der Waals surface area (Å²) in [7, 11) is 1.28. The van der Waals surface area contributed by atoms with Gasteiger partial charge in [-0.3, -0.25) is 0 Å². The predicted octanol–water partition coefficient (Wildman–Crippen LogP) is 1.77. The van der Waals surface area contributed by atoms with E-state index in [0.717, 1.165) is 11.3 Å². The highest BCUT2D eigenvalue weighted by molar-refractivity contribution is 7.18. The van der Waals surface area contributed by atoms with Crippen LogP contribution in [-0.4, -0.2) is 35.8 Å². The molecule has 0 saturated carbocycles. The maximum Gasteiger partial charge on any atom is 0.351 e. The molecule has 5 nitrogen and oxygen atoms in total. The molecule has 0 aliphatic heterocycles. The summed E-state index contributed by atoms with van der Waals surface area (Å²) in [6.45, 7) is 2.25. The van der Waals surface area contributed by atoms with Crippen LogP contribution in [0.4, 0.5) is 5.13 Å². The summed E-state index contributed by atoms with van der Waals surface area (Å²) in [5, 5.41) is 12.9. The van der Waals surface area contributed by atoms with Crippen molar-refractivity contribution in [1.29, 1.82) is 0 Å². The molecule has 90 valence electrons. The maximum absolute atomic E-state index is 11.2. The highest BCUT2D eigenvalue weighted by atomic mass is 35.5. The lowest BCUT2D eigenvalue weighted by molar-refractivity contribution is 0.0606. The van der Waals surface area contributed by atoms with E-state index in [1.54, 1.807) is 0 Å². The van der Waals surface area contributed by atoms with Gasteiger partial charge in [0.25, 0.3) is 0 Å². The van der Waals surface area contributed by atoms with E-state index in [1.165, 1.54) is 7.11 Å². The predicted molar refractivity (Wildman–Crippen MR) is 63.3 cm³/mol. The van der Waals surface area contributed by atoms with Gasteiger partial charge in [-0.05, 0) is 6.42 Å². The monoisotopic (exact) mass is 264 g/mol. The quantitative estimate of drug-likeness (QED) is 0.793. The van der Waals surface area contributed by atoms with Crippen molar-refractivity contribution in [2.24, 2.45) is 0 Å². The second-order valence-electron chi connectivity index (χ2n) is 3.07. The summed E-state index contributed by atoms with van der Waals surface area (Å²) < 4.78 is 4.55. The fraction of sp³-hybridized carbons (Fsp3) is 0.556. The summed E-state index contributed by atoms with van der Waals surface area (Å²) in [5.74, 6) is -0.508. The molecular formula is C9H13ClN2O3S. The molecule has 2 N–H and O–H groups in total. The molecule has 0 amide bonds. The fourth-order valence-electron chi connectivity index (χ4n) is 0.945. The molecule has 1 aromatic rings. The molecule has 1 atom stereocenters. The molecule has 0 aliphatic rings. The third-order valence-corrected chi connectivity index (χ3v) is 3.30. The number of carbonyl (C=O) groups excluding carboxylic acids is 1. The number of nitrogens with zero attached hydrogens (tertiary/aromatic N) is 1. The van der Waals surface area contributed by atoms with Crippen LogP contribution in [0.1, 0.15) is 23.0 Å². The number of nitrogens with one attached hydrogen (secondary N) is 1. The third-order valence-electron chi connectivity index (χ3n) is 1.92. The first-order chi connectivity index (χ1) is 7.58. The van der Waals surface area contributed by atoms with E-state index < -0.39 is 12.1 Å². The van der Waals surface area contributed by atoms with Gasteiger partial charge in [0.15, 0.2) is 15.2 Å². The summed E-state index contributed by atoms with van der Waals surface area (Å²) in [6, 6.07) is 0. The Balaban J connectivity index is 2.66. The third kappa shape index (κ3) is 3.33. The van der Waals surface area contributed by atoms with Crippen LogP contribution in [0.15, 0.2) is 0 Å². The van der Waals surface area contributed by atoms with Gasteiger partial charge in [-0.1, -0.05) is 29.9 Å². The summed E-state index contributed by atoms with van der Waals surface area (Å²) in [6.07, 6.45) is 0.208. The Hall–Kier alpha value is -0.850. The molecule has 1 unspecified atom stereocenters. The lowest BCUT2D eigenvalue weighted by Gasteiger charge is -2.07. The number of hydrogen-bond donors (Lipinski definition) is 2. The summed E-state index contributed by atoms with van der Waals surface area (Å²) in [4.78, 5) is 15.4. The van der Waals surface area contributed by atoms with Crippen LogP contribution in [0, 0.1) is 0 Å². The molecule has 0 aliphatic carbocycles. The number of anilines is 1. The molecule has 1 rings (SSSR count). The Morgan fingerprint density at radius 2 is 2.44 bits per heavy atom. The Morgan fingerprint density at radius 1 is 1.75 bits per heavy atom. The highest BCUT2D eigenvalue weighted by Crippen LogP contribution is 2.27. The number of hydrogen-bond acceptors (Lipinski definition) is 6. The van der Waals surface area contributed by atoms with E-state index in [4.69, 9.17) is 11.6 Å². The Bertz CT molecular complexity index is 370. The number of halogens is 1. The number of esters is 1. The fourth-order valence-corrected chi connectivity index (χ4v) is 2.06. The summed E-state index contributed by atoms with van der Waals surface area (Å²) in [5.41, 5.74) is 0. The Kier molecular flexibility index (Phi) is 4.98. The van der Waals surface area contributed by atoms with Gasteiger partial charge in [-0.2, -0.15) is 0 Å². The van der Waals surface area contributed by atoms with Gasteiger partial charge in [0.2, 0.25) is 0 Å². The molecule has 1 heterocycles. The molecule has 16 heavy (non-hydrogen) atoms. The molecule has 0 spiro atoms. The topological polar surface area (TPSA) is 71.5 Å². The zero-order chi connectivity index (χ0) is 12.1. The van der Waals surface area contributed by atoms with Gasteiger partial charge < -0.3 is 15.2 Å². The van der Waals surface area contributed by atoms with Crippen LogP contribution < -0.4 is 5.32 Å². The average molecular weight is 265 g/mol. The molecule has 0 radical (unpaired) electrons. The van der Waals surface area contributed by atoms with Gasteiger partial charge in [-0.25, -0.2) is 9.78 Å². The Labute approximate surface area is 102 Å². The number of aromatic nitrogens is 1. The molecule has 0 saturated heterocycles. The minimum Gasteiger partial charge on any atom is -0.465 e. The number of aliphatic hydroxyl groups is 1. The normalized spacial score (nSPS) is 12.2. The number of aliphatic hydroxyl groups excluding tert-OH is 1. The minimum atomic E-state index is -0.508. The second-order valence-corrected chi connectivity index (χ2v) is 4.43. The standard InChI is InChI=1S/C9H13ClN2O3S/c1-3-5(13)4-11-9-12-7(10)6(16-9)8(14)15-2/h5,13H,3-4H2,1-2H3,(H,11,12). The van der Waals surface area contributed by atoms with Crippen LogP contribution in [0.25, 0.3) is 0 Å². The van der Waals surface area contributed by atoms with Crippen molar-refractivity contribution in [3.8, 4) is 0 Å². The first-order valence-corrected chi connectivity index (χ1v) is 5.94. The average Bonchev–Trinajstić information content (AvgIpc) is 2.66. The van der Waals surface area contributed by atoms with Crippen LogP contribution >= 0.6 is 22.9 Å². The zero-order valence-corrected chi connectivity index (χ0v) is 10.6. The van der Waals surface area contributed by atoms with Crippen LogP contribution in [0.5, 0.6) is 0 Å². The number of rotatable bonds is 5. The molecule has 0 fully saturated rings. The van der Waals surface area contributed by atoms with Crippen LogP contribution in [0.3, 0.4) is 0 Å². The van der Waals surface area contributed by atoms with Crippen molar-refractivity contribution in [3.63, 3.8) is 0 Å². The summed E-state index contributed by atoms with van der Waals surface area (Å²) >= 11 is 6.87. The van der Waals surface area contributed by atoms with E-state index in [0.29, 0.717) is 18.1 Å². The number of carbonyl (C=O) groups is 1. The maximum atomic E-state index is 11.2. The Morgan fingerprint density at radius 3 is 3.00 bits per heavy atom. The zero-order valence-electron chi connectivity index (χ0n) is 8.99. The van der Waals surface area contributed by atoms with Gasteiger partial charge >= 0.3 is 5.97 Å². The molecule has 0 aromatic carbocycles. The van der Waals surface area contributed by atoms with E-state index in [1.807, 2.05) is 6.92 Å². The number of thiazole rings is 1. The van der Waals surface area contributed by atoms with Crippen LogP contribution in [-0.2, 0) is 4.74 Å². The van der Waals surface area contributed by atoms with Gasteiger partial charge in [0, 0.05) is 6.54 Å². The first-order valence-electron chi connectivity index (χ1n) is 4.75. The van der Waals surface area contributed by atoms with Crippen molar-refractivity contribution in [3.05, 3.63) is 10.0 Å². The number of methoxy groups -OCH3 is 1. The SMILES string of the molecule is CCC(O)CNc1nc(Cl)c(C(=O)OC)s1. The van der Waals surface area contributed by atoms with Crippen molar-refractivity contribution in [2.45, 2.75) is 19.4 Å². The van der Waals surface area contributed by atoms with Crippen LogP contribution in [0.2, 0.25) is 5.15 Å². The minimum absolute atomic E-state index is 0.116. The number of ether oxygens (including phenoxy) is 1. The van der Waals surface area contributed by atoms with Gasteiger partial charge in [0.1, 0.15) is 0 Å². The van der Waals surface area contributed by atoms with Crippen molar-refractivity contribution in [1.82, 2.24) is 4.98 Å².